The molecule has 2 aromatic carbocycles. The van der Waals surface area contributed by atoms with Crippen molar-refractivity contribution in [1.29, 1.82) is 0 Å². The van der Waals surface area contributed by atoms with Crippen molar-refractivity contribution >= 4 is 44.2 Å². The third-order valence-corrected chi connectivity index (χ3v) is 7.85. The molecule has 4 aromatic rings. The molecule has 2 aromatic heterocycles. The molecular formula is C29H29F3N6O3S. The van der Waals surface area contributed by atoms with E-state index >= 15 is 0 Å². The fourth-order valence-corrected chi connectivity index (χ4v) is 5.91. The summed E-state index contributed by atoms with van der Waals surface area (Å²) in [7, 11) is 0. The van der Waals surface area contributed by atoms with Crippen LogP contribution in [0.25, 0.3) is 21.5 Å². The van der Waals surface area contributed by atoms with Gasteiger partial charge in [-0.2, -0.15) is 13.2 Å². The molecule has 5 rings (SSSR count). The van der Waals surface area contributed by atoms with Crippen LogP contribution in [0.15, 0.2) is 48.8 Å². The number of nitrogens with zero attached hydrogens (tertiary/aromatic N) is 4. The van der Waals surface area contributed by atoms with Crippen LogP contribution in [0.5, 0.6) is 11.6 Å². The van der Waals surface area contributed by atoms with Gasteiger partial charge in [-0.1, -0.05) is 29.9 Å². The molecule has 9 nitrogen and oxygen atoms in total. The van der Waals surface area contributed by atoms with E-state index in [1.807, 2.05) is 19.9 Å². The first kappa shape index (κ1) is 29.4. The molecule has 42 heavy (non-hydrogen) atoms. The van der Waals surface area contributed by atoms with E-state index in [1.165, 1.54) is 36.7 Å². The molecule has 1 atom stereocenters. The van der Waals surface area contributed by atoms with Crippen molar-refractivity contribution in [2.45, 2.75) is 58.3 Å². The number of aromatic nitrogens is 3. The summed E-state index contributed by atoms with van der Waals surface area (Å²) >= 11 is 1.28. The number of likely N-dealkylation sites (tertiary alicyclic amines) is 1. The zero-order chi connectivity index (χ0) is 30.0. The molecule has 220 valence electrons. The highest BCUT2D eigenvalue weighted by Crippen LogP contribution is 2.38. The Labute approximate surface area is 244 Å². The van der Waals surface area contributed by atoms with Gasteiger partial charge in [-0.05, 0) is 57.5 Å². The lowest BCUT2D eigenvalue weighted by Crippen LogP contribution is -2.50. The number of ether oxygens (including phenoxy) is 1. The molecule has 0 aliphatic carbocycles. The van der Waals surface area contributed by atoms with Gasteiger partial charge in [0.05, 0.1) is 27.7 Å². The number of alkyl halides is 3. The highest BCUT2D eigenvalue weighted by atomic mass is 32.1. The van der Waals surface area contributed by atoms with Crippen molar-refractivity contribution in [3.05, 3.63) is 54.4 Å². The third-order valence-electron chi connectivity index (χ3n) is 6.91. The molecule has 13 heteroatoms. The zero-order valence-electron chi connectivity index (χ0n) is 23.2. The van der Waals surface area contributed by atoms with E-state index in [-0.39, 0.29) is 40.7 Å². The quantitative estimate of drug-likeness (QED) is 0.243. The molecule has 3 heterocycles. The average Bonchev–Trinajstić information content (AvgIpc) is 3.35. The number of piperidine rings is 1. The minimum Gasteiger partial charge on any atom is -0.437 e. The number of halogens is 3. The summed E-state index contributed by atoms with van der Waals surface area (Å²) in [6.45, 7) is 6.13. The van der Waals surface area contributed by atoms with E-state index in [9.17, 15) is 22.8 Å². The average molecular weight is 599 g/mol. The Kier molecular flexibility index (Phi) is 8.41. The van der Waals surface area contributed by atoms with Crippen LogP contribution in [-0.4, -0.2) is 50.3 Å². The summed E-state index contributed by atoms with van der Waals surface area (Å²) in [5.74, 6) is -0.120. The Balaban J connectivity index is 1.47. The van der Waals surface area contributed by atoms with E-state index in [0.29, 0.717) is 22.8 Å². The lowest BCUT2D eigenvalue weighted by atomic mass is 9.99. The van der Waals surface area contributed by atoms with Crippen molar-refractivity contribution in [1.82, 2.24) is 19.9 Å². The standard InChI is InChI=1S/C29H29F3N6O3S/c1-16(2)38-12-5-4-7-22(38)27(40)36-21-13-18(29(30,31)32)10-11-19(21)20-14-25(34-15-33-20)41-23-8-6-9-24-26(23)37-28(42-24)35-17(3)39/h6,8-11,13-16,22H,4-5,7,12H2,1-3H3,(H,36,40)(H,35,37,39)/t22-/m0/s1. The minimum absolute atomic E-state index is 0.00435. The molecule has 2 amide bonds. The van der Waals surface area contributed by atoms with Crippen LogP contribution in [0.2, 0.25) is 0 Å². The first-order valence-electron chi connectivity index (χ1n) is 13.4. The SMILES string of the molecule is CC(=O)Nc1nc2c(Oc3cc(-c4ccc(C(F)(F)F)cc4NC(=O)[C@@H]4CCCCN4C(C)C)ncn3)cccc2s1. The summed E-state index contributed by atoms with van der Waals surface area (Å²) in [5, 5.41) is 5.83. The number of amides is 2. The number of hydrogen-bond donors (Lipinski definition) is 2. The predicted octanol–water partition coefficient (Wildman–Crippen LogP) is 6.72. The van der Waals surface area contributed by atoms with E-state index in [0.717, 1.165) is 36.2 Å². The zero-order valence-corrected chi connectivity index (χ0v) is 24.0. The van der Waals surface area contributed by atoms with Crippen LogP contribution in [0, 0.1) is 0 Å². The molecule has 0 bridgehead atoms. The first-order chi connectivity index (χ1) is 20.0. The van der Waals surface area contributed by atoms with E-state index in [1.54, 1.807) is 12.1 Å². The lowest BCUT2D eigenvalue weighted by Gasteiger charge is -2.37. The summed E-state index contributed by atoms with van der Waals surface area (Å²) in [6, 6.07) is 9.60. The van der Waals surface area contributed by atoms with Crippen molar-refractivity contribution < 1.29 is 27.5 Å². The van der Waals surface area contributed by atoms with Gasteiger partial charge in [0.1, 0.15) is 11.8 Å². The number of rotatable bonds is 7. The van der Waals surface area contributed by atoms with Gasteiger partial charge in [0.25, 0.3) is 0 Å². The van der Waals surface area contributed by atoms with Gasteiger partial charge < -0.3 is 15.4 Å². The fourth-order valence-electron chi connectivity index (χ4n) is 4.98. The fraction of sp³-hybridized carbons (Fsp3) is 0.345. The van der Waals surface area contributed by atoms with Gasteiger partial charge in [-0.15, -0.1) is 0 Å². The lowest BCUT2D eigenvalue weighted by molar-refractivity contribution is -0.137. The monoisotopic (exact) mass is 598 g/mol. The van der Waals surface area contributed by atoms with Crippen molar-refractivity contribution in [2.75, 3.05) is 17.2 Å². The number of benzene rings is 2. The second kappa shape index (κ2) is 12.0. The second-order valence-electron chi connectivity index (χ2n) is 10.2. The third kappa shape index (κ3) is 6.52. The number of hydrogen-bond acceptors (Lipinski definition) is 8. The van der Waals surface area contributed by atoms with Crippen molar-refractivity contribution in [3.63, 3.8) is 0 Å². The molecule has 1 aliphatic heterocycles. The highest BCUT2D eigenvalue weighted by Gasteiger charge is 2.33. The number of carbonyl (C=O) groups is 2. The predicted molar refractivity (Wildman–Crippen MR) is 155 cm³/mol. The summed E-state index contributed by atoms with van der Waals surface area (Å²) < 4.78 is 47.8. The molecule has 0 saturated carbocycles. The minimum atomic E-state index is -4.60. The molecule has 2 N–H and O–H groups in total. The number of carbonyl (C=O) groups excluding carboxylic acids is 2. The number of anilines is 2. The number of thiazole rings is 1. The molecule has 1 aliphatic rings. The Hall–Kier alpha value is -4.10. The van der Waals surface area contributed by atoms with Gasteiger partial charge in [-0.25, -0.2) is 15.0 Å². The summed E-state index contributed by atoms with van der Waals surface area (Å²) in [4.78, 5) is 39.8. The number of para-hydroxylation sites is 1. The topological polar surface area (TPSA) is 109 Å². The molecule has 0 unspecified atom stereocenters. The highest BCUT2D eigenvalue weighted by molar-refractivity contribution is 7.22. The van der Waals surface area contributed by atoms with Crippen LogP contribution in [0.1, 0.15) is 45.6 Å². The van der Waals surface area contributed by atoms with Crippen molar-refractivity contribution in [3.8, 4) is 22.9 Å². The van der Waals surface area contributed by atoms with E-state index in [2.05, 4.69) is 30.5 Å². The molecule has 0 spiro atoms. The summed E-state index contributed by atoms with van der Waals surface area (Å²) in [5.41, 5.74) is 0.168. The van der Waals surface area contributed by atoms with Gasteiger partial charge in [0, 0.05) is 24.6 Å². The van der Waals surface area contributed by atoms with Crippen LogP contribution in [0.4, 0.5) is 24.0 Å². The smallest absolute Gasteiger partial charge is 0.416 e. The number of nitrogens with one attached hydrogen (secondary N) is 2. The number of fused-ring (bicyclic) bond motifs is 1. The second-order valence-corrected chi connectivity index (χ2v) is 11.3. The van der Waals surface area contributed by atoms with Gasteiger partial charge >= 0.3 is 6.18 Å². The molecule has 1 fully saturated rings. The van der Waals surface area contributed by atoms with Gasteiger partial charge in [-0.3, -0.25) is 14.5 Å². The first-order valence-corrected chi connectivity index (χ1v) is 14.3. The maximum Gasteiger partial charge on any atom is 0.416 e. The van der Waals surface area contributed by atoms with Gasteiger partial charge in [0.15, 0.2) is 10.9 Å². The normalized spacial score (nSPS) is 16.0. The van der Waals surface area contributed by atoms with Crippen LogP contribution in [0.3, 0.4) is 0 Å². The van der Waals surface area contributed by atoms with Crippen molar-refractivity contribution in [2.24, 2.45) is 0 Å². The van der Waals surface area contributed by atoms with Crippen LogP contribution < -0.4 is 15.4 Å². The maximum atomic E-state index is 13.7. The maximum absolute atomic E-state index is 13.7. The largest absolute Gasteiger partial charge is 0.437 e. The Morgan fingerprint density at radius 2 is 1.90 bits per heavy atom. The molecule has 0 radical (unpaired) electrons. The molecule has 1 saturated heterocycles. The van der Waals surface area contributed by atoms with Crippen LogP contribution >= 0.6 is 11.3 Å². The summed E-state index contributed by atoms with van der Waals surface area (Å²) in [6.07, 6.45) is -0.921. The van der Waals surface area contributed by atoms with Gasteiger partial charge in [0.2, 0.25) is 17.7 Å². The Morgan fingerprint density at radius 1 is 1.10 bits per heavy atom. The van der Waals surface area contributed by atoms with Crippen LogP contribution in [-0.2, 0) is 15.8 Å². The Morgan fingerprint density at radius 3 is 2.64 bits per heavy atom. The van der Waals surface area contributed by atoms with E-state index in [4.69, 9.17) is 4.74 Å². The Bertz CT molecular complexity index is 1620. The van der Waals surface area contributed by atoms with E-state index < -0.39 is 17.8 Å². The molecular weight excluding hydrogens is 569 g/mol.